The number of nitrogens with one attached hydrogen (secondary N) is 2. The number of fused-ring (bicyclic) bond motifs is 2. The summed E-state index contributed by atoms with van der Waals surface area (Å²) in [5.74, 6) is 0.491. The molecule has 0 saturated carbocycles. The SMILES string of the molecule is Fc1cncc(Nc2cccc3nc(N[C@@H]4CCc5ccccc54)ccc23)c1. The van der Waals surface area contributed by atoms with Crippen molar-refractivity contribution >= 4 is 28.1 Å². The Morgan fingerprint density at radius 3 is 2.82 bits per heavy atom. The van der Waals surface area contributed by atoms with Crippen LogP contribution in [0, 0.1) is 5.82 Å². The van der Waals surface area contributed by atoms with Crippen molar-refractivity contribution in [1.82, 2.24) is 9.97 Å². The molecule has 1 aliphatic rings. The number of aryl methyl sites for hydroxylation is 1. The lowest BCUT2D eigenvalue weighted by atomic mass is 10.1. The molecule has 1 aliphatic carbocycles. The molecule has 0 saturated heterocycles. The first-order chi connectivity index (χ1) is 13.8. The molecular weight excluding hydrogens is 351 g/mol. The first-order valence-electron chi connectivity index (χ1n) is 9.38. The zero-order valence-corrected chi connectivity index (χ0v) is 15.2. The molecule has 0 spiro atoms. The Labute approximate surface area is 162 Å². The van der Waals surface area contributed by atoms with Crippen molar-refractivity contribution in [2.75, 3.05) is 10.6 Å². The lowest BCUT2D eigenvalue weighted by Gasteiger charge is -2.16. The molecule has 0 radical (unpaired) electrons. The molecule has 4 aromatic rings. The van der Waals surface area contributed by atoms with E-state index in [1.807, 2.05) is 30.3 Å². The summed E-state index contributed by atoms with van der Waals surface area (Å²) in [4.78, 5) is 8.68. The van der Waals surface area contributed by atoms with Crippen LogP contribution in [-0.4, -0.2) is 9.97 Å². The average Bonchev–Trinajstić information content (AvgIpc) is 3.11. The number of hydrogen-bond acceptors (Lipinski definition) is 4. The second kappa shape index (κ2) is 6.93. The maximum Gasteiger partial charge on any atom is 0.143 e. The molecule has 1 atom stereocenters. The third-order valence-electron chi connectivity index (χ3n) is 5.17. The molecule has 5 rings (SSSR count). The van der Waals surface area contributed by atoms with Crippen LogP contribution in [-0.2, 0) is 6.42 Å². The van der Waals surface area contributed by atoms with Gasteiger partial charge in [0.05, 0.1) is 29.6 Å². The van der Waals surface area contributed by atoms with Crippen LogP contribution in [0.5, 0.6) is 0 Å². The van der Waals surface area contributed by atoms with E-state index in [4.69, 9.17) is 4.98 Å². The number of halogens is 1. The van der Waals surface area contributed by atoms with Gasteiger partial charge in [0.15, 0.2) is 0 Å². The number of benzene rings is 2. The first-order valence-corrected chi connectivity index (χ1v) is 9.38. The van der Waals surface area contributed by atoms with Gasteiger partial charge in [-0.3, -0.25) is 4.98 Å². The maximum atomic E-state index is 13.4. The Bertz CT molecular complexity index is 1160. The summed E-state index contributed by atoms with van der Waals surface area (Å²) >= 11 is 0. The van der Waals surface area contributed by atoms with Gasteiger partial charge < -0.3 is 10.6 Å². The molecule has 5 heteroatoms. The highest BCUT2D eigenvalue weighted by Gasteiger charge is 2.22. The summed E-state index contributed by atoms with van der Waals surface area (Å²) in [6.07, 6.45) is 4.96. The van der Waals surface area contributed by atoms with Gasteiger partial charge in [-0.2, -0.15) is 0 Å². The van der Waals surface area contributed by atoms with E-state index in [1.165, 1.54) is 23.4 Å². The second-order valence-electron chi connectivity index (χ2n) is 7.02. The summed E-state index contributed by atoms with van der Waals surface area (Å²) in [6, 6.07) is 20.2. The van der Waals surface area contributed by atoms with E-state index in [1.54, 1.807) is 6.20 Å². The Morgan fingerprint density at radius 2 is 1.89 bits per heavy atom. The van der Waals surface area contributed by atoms with Crippen LogP contribution in [0.3, 0.4) is 0 Å². The van der Waals surface area contributed by atoms with Crippen LogP contribution in [0.25, 0.3) is 10.9 Å². The topological polar surface area (TPSA) is 49.8 Å². The van der Waals surface area contributed by atoms with Gasteiger partial charge in [0, 0.05) is 17.1 Å². The van der Waals surface area contributed by atoms with E-state index in [0.29, 0.717) is 11.7 Å². The predicted octanol–water partition coefficient (Wildman–Crippen LogP) is 5.61. The van der Waals surface area contributed by atoms with E-state index >= 15 is 0 Å². The summed E-state index contributed by atoms with van der Waals surface area (Å²) in [7, 11) is 0. The van der Waals surface area contributed by atoms with Gasteiger partial charge >= 0.3 is 0 Å². The Balaban J connectivity index is 1.43. The molecule has 0 aliphatic heterocycles. The van der Waals surface area contributed by atoms with E-state index in [9.17, 15) is 4.39 Å². The van der Waals surface area contributed by atoms with E-state index < -0.39 is 0 Å². The predicted molar refractivity (Wildman–Crippen MR) is 110 cm³/mol. The molecule has 2 N–H and O–H groups in total. The van der Waals surface area contributed by atoms with Crippen LogP contribution in [0.4, 0.5) is 21.6 Å². The zero-order valence-electron chi connectivity index (χ0n) is 15.2. The minimum absolute atomic E-state index is 0.292. The van der Waals surface area contributed by atoms with Crippen molar-refractivity contribution in [3.63, 3.8) is 0 Å². The lowest BCUT2D eigenvalue weighted by Crippen LogP contribution is -2.08. The Kier molecular flexibility index (Phi) is 4.13. The van der Waals surface area contributed by atoms with Gasteiger partial charge in [-0.15, -0.1) is 0 Å². The Hall–Kier alpha value is -3.47. The molecule has 28 heavy (non-hydrogen) atoms. The Morgan fingerprint density at radius 1 is 0.964 bits per heavy atom. The molecule has 2 heterocycles. The van der Waals surface area contributed by atoms with Crippen LogP contribution in [0.15, 0.2) is 73.1 Å². The smallest absolute Gasteiger partial charge is 0.143 e. The number of aromatic nitrogens is 2. The van der Waals surface area contributed by atoms with Gasteiger partial charge in [-0.25, -0.2) is 9.37 Å². The standard InChI is InChI=1S/C23H19FN4/c24-16-12-17(14-25-13-16)26-20-6-3-7-21-19(20)9-11-23(27-21)28-22-10-8-15-4-1-2-5-18(15)22/h1-7,9,11-14,22,26H,8,10H2,(H,27,28)/t22-/m1/s1. The first kappa shape index (κ1) is 16.7. The number of anilines is 3. The fourth-order valence-electron chi connectivity index (χ4n) is 3.87. The summed E-state index contributed by atoms with van der Waals surface area (Å²) in [5, 5.41) is 7.78. The van der Waals surface area contributed by atoms with Crippen LogP contribution < -0.4 is 10.6 Å². The highest BCUT2D eigenvalue weighted by atomic mass is 19.1. The maximum absolute atomic E-state index is 13.4. The third-order valence-corrected chi connectivity index (χ3v) is 5.17. The zero-order chi connectivity index (χ0) is 18.9. The van der Waals surface area contributed by atoms with Gasteiger partial charge in [0.1, 0.15) is 11.6 Å². The molecule has 0 unspecified atom stereocenters. The van der Waals surface area contributed by atoms with E-state index in [0.717, 1.165) is 35.2 Å². The summed E-state index contributed by atoms with van der Waals surface area (Å²) in [5.41, 5.74) is 5.13. The summed E-state index contributed by atoms with van der Waals surface area (Å²) < 4.78 is 13.4. The van der Waals surface area contributed by atoms with E-state index in [2.05, 4.69) is 39.9 Å². The summed E-state index contributed by atoms with van der Waals surface area (Å²) in [6.45, 7) is 0. The lowest BCUT2D eigenvalue weighted by molar-refractivity contribution is 0.622. The van der Waals surface area contributed by atoms with Gasteiger partial charge in [-0.1, -0.05) is 30.3 Å². The fraction of sp³-hybridized carbons (Fsp3) is 0.130. The van der Waals surface area contributed by atoms with Crippen LogP contribution >= 0.6 is 0 Å². The van der Waals surface area contributed by atoms with Crippen molar-refractivity contribution < 1.29 is 4.39 Å². The molecule has 4 nitrogen and oxygen atoms in total. The van der Waals surface area contributed by atoms with Crippen molar-refractivity contribution in [3.05, 3.63) is 90.0 Å². The number of hydrogen-bond donors (Lipinski definition) is 2. The quantitative estimate of drug-likeness (QED) is 0.490. The monoisotopic (exact) mass is 370 g/mol. The molecule has 0 fully saturated rings. The van der Waals surface area contributed by atoms with Crippen LogP contribution in [0.2, 0.25) is 0 Å². The van der Waals surface area contributed by atoms with Gasteiger partial charge in [0.2, 0.25) is 0 Å². The number of rotatable bonds is 4. The number of pyridine rings is 2. The minimum atomic E-state index is -0.369. The van der Waals surface area contributed by atoms with Crippen molar-refractivity contribution in [2.24, 2.45) is 0 Å². The van der Waals surface area contributed by atoms with Crippen molar-refractivity contribution in [2.45, 2.75) is 18.9 Å². The minimum Gasteiger partial charge on any atom is -0.363 e. The molecule has 0 bridgehead atoms. The van der Waals surface area contributed by atoms with Gasteiger partial charge in [-0.05, 0) is 48.2 Å². The van der Waals surface area contributed by atoms with Crippen molar-refractivity contribution in [3.8, 4) is 0 Å². The normalized spacial score (nSPS) is 15.4. The van der Waals surface area contributed by atoms with Crippen LogP contribution in [0.1, 0.15) is 23.6 Å². The van der Waals surface area contributed by atoms with Crippen molar-refractivity contribution in [1.29, 1.82) is 0 Å². The second-order valence-corrected chi connectivity index (χ2v) is 7.02. The molecular formula is C23H19FN4. The number of nitrogens with zero attached hydrogens (tertiary/aromatic N) is 2. The van der Waals surface area contributed by atoms with E-state index in [-0.39, 0.29) is 5.82 Å². The molecule has 0 amide bonds. The molecule has 2 aromatic heterocycles. The highest BCUT2D eigenvalue weighted by molar-refractivity contribution is 5.93. The molecule has 2 aromatic carbocycles. The largest absolute Gasteiger partial charge is 0.363 e. The van der Waals surface area contributed by atoms with Gasteiger partial charge in [0.25, 0.3) is 0 Å². The third kappa shape index (κ3) is 3.16. The fourth-order valence-corrected chi connectivity index (χ4v) is 3.87. The highest BCUT2D eigenvalue weighted by Crippen LogP contribution is 2.34. The average molecular weight is 370 g/mol. The molecule has 138 valence electrons.